The average Bonchev–Trinajstić information content (AvgIpc) is 2.26. The maximum atomic E-state index is 6.54. The number of halogens is 1. The van der Waals surface area contributed by atoms with Crippen LogP contribution in [0, 0.1) is 0 Å². The van der Waals surface area contributed by atoms with Crippen LogP contribution in [0.25, 0.3) is 0 Å². The molecule has 0 spiro atoms. The summed E-state index contributed by atoms with van der Waals surface area (Å²) >= 11 is 6.54. The van der Waals surface area contributed by atoms with Gasteiger partial charge in [0.25, 0.3) is 0 Å². The van der Waals surface area contributed by atoms with Crippen LogP contribution >= 0.6 is 11.1 Å². The smallest absolute Gasteiger partial charge is 0.163 e. The first kappa shape index (κ1) is 15.8. The van der Waals surface area contributed by atoms with Crippen LogP contribution in [0.5, 0.6) is 0 Å². The van der Waals surface area contributed by atoms with E-state index in [9.17, 15) is 0 Å². The maximum Gasteiger partial charge on any atom is 0.197 e. The Balaban J connectivity index is 3.55. The lowest BCUT2D eigenvalue weighted by molar-refractivity contribution is 0.812. The zero-order valence-electron chi connectivity index (χ0n) is 12.8. The first-order valence-electron chi connectivity index (χ1n) is 6.92. The van der Waals surface area contributed by atoms with Gasteiger partial charge in [-0.1, -0.05) is 60.2 Å². The normalized spacial score (nSPS) is 12.2. The summed E-state index contributed by atoms with van der Waals surface area (Å²) in [6.45, 7) is 15.8. The van der Waals surface area contributed by atoms with Crippen LogP contribution in [0.3, 0.4) is 0 Å². The average molecular weight is 282 g/mol. The van der Waals surface area contributed by atoms with Gasteiger partial charge in [-0.15, -0.1) is 0 Å². The fourth-order valence-electron chi connectivity index (χ4n) is 2.35. The van der Waals surface area contributed by atoms with Gasteiger partial charge in [0.1, 0.15) is 0 Å². The first-order chi connectivity index (χ1) is 8.25. The molecule has 1 aromatic carbocycles. The third-order valence-electron chi connectivity index (χ3n) is 3.48. The lowest BCUT2D eigenvalue weighted by Crippen LogP contribution is -2.31. The molecule has 0 nitrogen and oxygen atoms in total. The van der Waals surface area contributed by atoms with Crippen LogP contribution < -0.4 is 5.19 Å². The van der Waals surface area contributed by atoms with Gasteiger partial charge in [0, 0.05) is 0 Å². The molecule has 0 saturated carbocycles. The van der Waals surface area contributed by atoms with Crippen LogP contribution in [-0.2, 0) is 0 Å². The lowest BCUT2D eigenvalue weighted by Gasteiger charge is -2.23. The number of benzene rings is 1. The van der Waals surface area contributed by atoms with Crippen LogP contribution in [0.4, 0.5) is 0 Å². The monoisotopic (exact) mass is 281 g/mol. The number of hydrogen-bond donors (Lipinski definition) is 0. The van der Waals surface area contributed by atoms with Gasteiger partial charge in [-0.3, -0.25) is 0 Å². The largest absolute Gasteiger partial charge is 0.197 e. The molecule has 1 rings (SSSR count). The molecule has 0 aliphatic rings. The number of hydrogen-bond acceptors (Lipinski definition) is 0. The van der Waals surface area contributed by atoms with E-state index in [1.807, 2.05) is 0 Å². The Kier molecular flexibility index (Phi) is 5.48. The predicted molar refractivity (Wildman–Crippen MR) is 85.8 cm³/mol. The van der Waals surface area contributed by atoms with E-state index in [2.05, 4.69) is 60.2 Å². The zero-order valence-corrected chi connectivity index (χ0v) is 14.5. The van der Waals surface area contributed by atoms with Gasteiger partial charge in [-0.05, 0) is 39.6 Å². The molecule has 0 saturated heterocycles. The highest BCUT2D eigenvalue weighted by Gasteiger charge is 2.20. The molecule has 0 atom stereocenters. The van der Waals surface area contributed by atoms with Crippen molar-refractivity contribution in [3.05, 3.63) is 28.8 Å². The molecular weight excluding hydrogens is 256 g/mol. The number of rotatable bonds is 4. The molecule has 101 valence electrons. The molecule has 0 amide bonds. The molecular formula is C16H26ClSi. The zero-order chi connectivity index (χ0) is 14.0. The van der Waals surface area contributed by atoms with Gasteiger partial charge in [0.15, 0.2) is 8.11 Å². The van der Waals surface area contributed by atoms with Gasteiger partial charge in [0.2, 0.25) is 0 Å². The quantitative estimate of drug-likeness (QED) is 0.530. The minimum absolute atomic E-state index is 0.551. The molecule has 1 radical (unpaired) electrons. The molecule has 0 aliphatic heterocycles. The topological polar surface area (TPSA) is 0 Å². The summed E-state index contributed by atoms with van der Waals surface area (Å²) in [7, 11) is -0.931. The lowest BCUT2D eigenvalue weighted by atomic mass is 9.89. The van der Waals surface area contributed by atoms with Crippen molar-refractivity contribution >= 4 is 24.4 Å². The van der Waals surface area contributed by atoms with Crippen molar-refractivity contribution in [3.8, 4) is 0 Å². The van der Waals surface area contributed by atoms with Crippen LogP contribution in [-0.4, -0.2) is 8.11 Å². The molecule has 0 bridgehead atoms. The second kappa shape index (κ2) is 6.25. The van der Waals surface area contributed by atoms with Crippen molar-refractivity contribution in [1.29, 1.82) is 0 Å². The molecule has 0 unspecified atom stereocenters. The highest BCUT2D eigenvalue weighted by molar-refractivity contribution is 7.14. The summed E-state index contributed by atoms with van der Waals surface area (Å²) in [5, 5.41) is 1.45. The van der Waals surface area contributed by atoms with E-state index in [1.165, 1.54) is 21.9 Å². The van der Waals surface area contributed by atoms with E-state index in [0.717, 1.165) is 0 Å². The fraction of sp³-hybridized carbons (Fsp3) is 0.625. The first-order valence-corrected chi connectivity index (χ1v) is 9.94. The summed E-state index contributed by atoms with van der Waals surface area (Å²) in [5.41, 5.74) is 4.39. The summed E-state index contributed by atoms with van der Waals surface area (Å²) in [6.07, 6.45) is 0. The Hall–Kier alpha value is -0.273. The van der Waals surface area contributed by atoms with E-state index < -0.39 is 8.11 Å². The summed E-state index contributed by atoms with van der Waals surface area (Å²) in [4.78, 5) is 0. The van der Waals surface area contributed by atoms with E-state index in [1.54, 1.807) is 0 Å². The van der Waals surface area contributed by atoms with Crippen molar-refractivity contribution < 1.29 is 0 Å². The van der Waals surface area contributed by atoms with Crippen LogP contribution in [0.2, 0.25) is 6.55 Å². The standard InChI is InChI=1S/C16H26ClSi/c1-10(2)13-8-14(11(3)4)16(18(7)17)15(9-13)12(5)6/h8-12H,1-7H3. The second-order valence-corrected chi connectivity index (χ2v) is 9.34. The molecule has 0 N–H and O–H groups in total. The van der Waals surface area contributed by atoms with Crippen molar-refractivity contribution in [2.45, 2.75) is 65.8 Å². The third kappa shape index (κ3) is 3.39. The SMILES string of the molecule is CC(C)c1cc(C(C)C)c([Si](C)Cl)c(C(C)C)c1. The van der Waals surface area contributed by atoms with Crippen LogP contribution in [0.15, 0.2) is 12.1 Å². The predicted octanol–water partition coefficient (Wildman–Crippen LogP) is 5.12. The molecule has 0 fully saturated rings. The summed E-state index contributed by atoms with van der Waals surface area (Å²) in [6, 6.07) is 4.76. The third-order valence-corrected chi connectivity index (χ3v) is 5.31. The minimum Gasteiger partial charge on any atom is -0.163 e. The van der Waals surface area contributed by atoms with E-state index in [4.69, 9.17) is 11.1 Å². The Morgan fingerprint density at radius 2 is 1.22 bits per heavy atom. The summed E-state index contributed by atoms with van der Waals surface area (Å²) < 4.78 is 0. The van der Waals surface area contributed by atoms with Crippen molar-refractivity contribution in [1.82, 2.24) is 0 Å². The highest BCUT2D eigenvalue weighted by atomic mass is 35.6. The van der Waals surface area contributed by atoms with E-state index in [0.29, 0.717) is 17.8 Å². The van der Waals surface area contributed by atoms with Gasteiger partial charge in [0.05, 0.1) is 0 Å². The second-order valence-electron chi connectivity index (χ2n) is 6.07. The van der Waals surface area contributed by atoms with Gasteiger partial charge in [-0.25, -0.2) is 0 Å². The molecule has 0 aliphatic carbocycles. The maximum absolute atomic E-state index is 6.54. The van der Waals surface area contributed by atoms with Gasteiger partial charge in [-0.2, -0.15) is 11.1 Å². The Morgan fingerprint density at radius 1 is 0.833 bits per heavy atom. The Labute approximate surface area is 119 Å². The minimum atomic E-state index is -0.931. The summed E-state index contributed by atoms with van der Waals surface area (Å²) in [5.74, 6) is 1.68. The van der Waals surface area contributed by atoms with E-state index >= 15 is 0 Å². The van der Waals surface area contributed by atoms with Crippen molar-refractivity contribution in [2.24, 2.45) is 0 Å². The Bertz CT molecular complexity index is 377. The molecule has 0 heterocycles. The fourth-order valence-corrected chi connectivity index (χ4v) is 4.53. The Morgan fingerprint density at radius 3 is 1.44 bits per heavy atom. The van der Waals surface area contributed by atoms with E-state index in [-0.39, 0.29) is 0 Å². The van der Waals surface area contributed by atoms with Crippen LogP contribution in [0.1, 0.15) is 76.0 Å². The molecule has 0 aromatic heterocycles. The van der Waals surface area contributed by atoms with Gasteiger partial charge >= 0.3 is 0 Å². The molecule has 18 heavy (non-hydrogen) atoms. The molecule has 1 aromatic rings. The van der Waals surface area contributed by atoms with Crippen molar-refractivity contribution in [2.75, 3.05) is 0 Å². The molecule has 2 heteroatoms. The van der Waals surface area contributed by atoms with Gasteiger partial charge < -0.3 is 0 Å². The highest BCUT2D eigenvalue weighted by Crippen LogP contribution is 2.26. The van der Waals surface area contributed by atoms with Crippen molar-refractivity contribution in [3.63, 3.8) is 0 Å².